The molecule has 0 saturated carbocycles. The summed E-state index contributed by atoms with van der Waals surface area (Å²) in [5, 5.41) is 5.61. The van der Waals surface area contributed by atoms with E-state index >= 15 is 0 Å². The van der Waals surface area contributed by atoms with Gasteiger partial charge in [-0.25, -0.2) is 0 Å². The number of nitrogens with zero attached hydrogens (tertiary/aromatic N) is 1. The number of nitrogens with one attached hydrogen (secondary N) is 2. The van der Waals surface area contributed by atoms with Crippen molar-refractivity contribution >= 4 is 23.2 Å². The summed E-state index contributed by atoms with van der Waals surface area (Å²) >= 11 is 0. The highest BCUT2D eigenvalue weighted by molar-refractivity contribution is 6.06. The molecule has 0 unspecified atom stereocenters. The van der Waals surface area contributed by atoms with Crippen LogP contribution in [0.1, 0.15) is 40.5 Å². The maximum atomic E-state index is 12.6. The summed E-state index contributed by atoms with van der Waals surface area (Å²) in [5.41, 5.74) is 2.82. The molecule has 2 amide bonds. The zero-order chi connectivity index (χ0) is 19.9. The molecule has 1 fully saturated rings. The lowest BCUT2D eigenvalue weighted by molar-refractivity contribution is 0.0958. The lowest BCUT2D eigenvalue weighted by Crippen LogP contribution is -2.32. The van der Waals surface area contributed by atoms with E-state index in [1.807, 2.05) is 24.3 Å². The highest BCUT2D eigenvalue weighted by Gasteiger charge is 2.16. The minimum atomic E-state index is -0.238. The average molecular weight is 377 g/mol. The third kappa shape index (κ3) is 5.00. The molecule has 0 spiro atoms. The molecule has 0 aliphatic carbocycles. The molecular formula is C23H27N3O2. The van der Waals surface area contributed by atoms with Crippen LogP contribution >= 0.6 is 0 Å². The van der Waals surface area contributed by atoms with E-state index in [1.54, 1.807) is 30.3 Å². The summed E-state index contributed by atoms with van der Waals surface area (Å²) in [6, 6.07) is 14.6. The summed E-state index contributed by atoms with van der Waals surface area (Å²) in [6.07, 6.45) is 4.05. The van der Waals surface area contributed by atoms with E-state index in [4.69, 9.17) is 0 Å². The zero-order valence-electron chi connectivity index (χ0n) is 16.3. The highest BCUT2D eigenvalue weighted by atomic mass is 16.2. The van der Waals surface area contributed by atoms with Crippen molar-refractivity contribution in [2.24, 2.45) is 5.92 Å². The minimum absolute atomic E-state index is 0.227. The smallest absolute Gasteiger partial charge is 0.255 e. The Kier molecular flexibility index (Phi) is 6.48. The number of benzene rings is 2. The molecule has 2 N–H and O–H groups in total. The van der Waals surface area contributed by atoms with Crippen molar-refractivity contribution in [1.82, 2.24) is 5.32 Å². The summed E-state index contributed by atoms with van der Waals surface area (Å²) in [5.74, 6) is 0.331. The van der Waals surface area contributed by atoms with Gasteiger partial charge in [0.15, 0.2) is 0 Å². The van der Waals surface area contributed by atoms with E-state index in [2.05, 4.69) is 29.0 Å². The van der Waals surface area contributed by atoms with Gasteiger partial charge in [0.2, 0.25) is 0 Å². The van der Waals surface area contributed by atoms with Crippen molar-refractivity contribution < 1.29 is 9.59 Å². The number of hydrogen-bond acceptors (Lipinski definition) is 3. The predicted molar refractivity (Wildman–Crippen MR) is 114 cm³/mol. The van der Waals surface area contributed by atoms with Gasteiger partial charge in [-0.05, 0) is 61.2 Å². The van der Waals surface area contributed by atoms with Gasteiger partial charge in [0.05, 0.1) is 0 Å². The molecule has 0 aromatic heterocycles. The molecule has 1 saturated heterocycles. The molecular weight excluding hydrogens is 350 g/mol. The lowest BCUT2D eigenvalue weighted by atomic mass is 9.99. The van der Waals surface area contributed by atoms with Gasteiger partial charge in [-0.3, -0.25) is 9.59 Å². The van der Waals surface area contributed by atoms with Crippen LogP contribution < -0.4 is 15.5 Å². The van der Waals surface area contributed by atoms with Gasteiger partial charge in [-0.15, -0.1) is 6.58 Å². The molecule has 1 aliphatic rings. The Labute approximate surface area is 166 Å². The standard InChI is InChI=1S/C23H27N3O2/c1-3-13-24-22(27)18-5-4-6-19(16-18)23(28)25-20-7-9-21(10-8-20)26-14-11-17(2)12-15-26/h3-10,16-17H,1,11-15H2,2H3,(H,24,27)(H,25,28). The lowest BCUT2D eigenvalue weighted by Gasteiger charge is -2.32. The van der Waals surface area contributed by atoms with E-state index in [-0.39, 0.29) is 11.8 Å². The van der Waals surface area contributed by atoms with E-state index in [1.165, 1.54) is 18.5 Å². The van der Waals surface area contributed by atoms with Crippen molar-refractivity contribution in [3.63, 3.8) is 0 Å². The Balaban J connectivity index is 1.63. The topological polar surface area (TPSA) is 61.4 Å². The predicted octanol–water partition coefficient (Wildman–Crippen LogP) is 4.09. The van der Waals surface area contributed by atoms with Crippen LogP contribution in [-0.4, -0.2) is 31.4 Å². The van der Waals surface area contributed by atoms with Gasteiger partial charge in [0.25, 0.3) is 11.8 Å². The van der Waals surface area contributed by atoms with Crippen LogP contribution in [0.2, 0.25) is 0 Å². The fourth-order valence-electron chi connectivity index (χ4n) is 3.29. The fourth-order valence-corrected chi connectivity index (χ4v) is 3.29. The third-order valence-electron chi connectivity index (χ3n) is 5.07. The molecule has 1 aliphatic heterocycles. The van der Waals surface area contributed by atoms with Gasteiger partial charge in [0, 0.05) is 42.1 Å². The summed E-state index contributed by atoms with van der Waals surface area (Å²) in [7, 11) is 0. The first-order valence-electron chi connectivity index (χ1n) is 9.72. The second-order valence-corrected chi connectivity index (χ2v) is 7.25. The van der Waals surface area contributed by atoms with Crippen molar-refractivity contribution in [3.05, 3.63) is 72.3 Å². The zero-order valence-corrected chi connectivity index (χ0v) is 16.3. The molecule has 5 nitrogen and oxygen atoms in total. The Hall–Kier alpha value is -3.08. The van der Waals surface area contributed by atoms with E-state index in [0.29, 0.717) is 17.7 Å². The second-order valence-electron chi connectivity index (χ2n) is 7.25. The quantitative estimate of drug-likeness (QED) is 0.746. The Morgan fingerprint density at radius 2 is 1.71 bits per heavy atom. The maximum absolute atomic E-state index is 12.6. The second kappa shape index (κ2) is 9.22. The van der Waals surface area contributed by atoms with Gasteiger partial charge >= 0.3 is 0 Å². The number of carbonyl (C=O) groups excluding carboxylic acids is 2. The Bertz CT molecular complexity index is 837. The molecule has 5 heteroatoms. The molecule has 0 atom stereocenters. The van der Waals surface area contributed by atoms with Gasteiger partial charge in [0.1, 0.15) is 0 Å². The van der Waals surface area contributed by atoms with E-state index in [0.717, 1.165) is 24.7 Å². The minimum Gasteiger partial charge on any atom is -0.372 e. The SMILES string of the molecule is C=CCNC(=O)c1cccc(C(=O)Nc2ccc(N3CCC(C)CC3)cc2)c1. The summed E-state index contributed by atoms with van der Waals surface area (Å²) < 4.78 is 0. The maximum Gasteiger partial charge on any atom is 0.255 e. The normalized spacial score (nSPS) is 14.4. The van der Waals surface area contributed by atoms with Crippen LogP contribution in [-0.2, 0) is 0 Å². The number of hydrogen-bond donors (Lipinski definition) is 2. The monoisotopic (exact) mass is 377 g/mol. The van der Waals surface area contributed by atoms with Crippen molar-refractivity contribution in [1.29, 1.82) is 0 Å². The largest absolute Gasteiger partial charge is 0.372 e. The molecule has 2 aromatic carbocycles. The first-order chi connectivity index (χ1) is 13.6. The van der Waals surface area contributed by atoms with Crippen molar-refractivity contribution in [2.45, 2.75) is 19.8 Å². The summed E-state index contributed by atoms with van der Waals surface area (Å²) in [4.78, 5) is 27.0. The first kappa shape index (κ1) is 19.7. The number of anilines is 2. The molecule has 1 heterocycles. The molecule has 2 aromatic rings. The average Bonchev–Trinajstić information content (AvgIpc) is 2.73. The van der Waals surface area contributed by atoms with Gasteiger partial charge < -0.3 is 15.5 Å². The molecule has 146 valence electrons. The molecule has 0 radical (unpaired) electrons. The van der Waals surface area contributed by atoms with Gasteiger partial charge in [-0.2, -0.15) is 0 Å². The number of piperidine rings is 1. The van der Waals surface area contributed by atoms with Gasteiger partial charge in [-0.1, -0.05) is 19.1 Å². The highest BCUT2D eigenvalue weighted by Crippen LogP contribution is 2.24. The third-order valence-corrected chi connectivity index (χ3v) is 5.07. The van der Waals surface area contributed by atoms with Crippen LogP contribution in [0.3, 0.4) is 0 Å². The number of carbonyl (C=O) groups is 2. The molecule has 28 heavy (non-hydrogen) atoms. The number of rotatable bonds is 6. The Morgan fingerprint density at radius 3 is 2.36 bits per heavy atom. The molecule has 3 rings (SSSR count). The van der Waals surface area contributed by atoms with Crippen LogP contribution in [0.15, 0.2) is 61.2 Å². The van der Waals surface area contributed by atoms with Crippen LogP contribution in [0.4, 0.5) is 11.4 Å². The Morgan fingerprint density at radius 1 is 1.07 bits per heavy atom. The van der Waals surface area contributed by atoms with Crippen molar-refractivity contribution in [3.8, 4) is 0 Å². The van der Waals surface area contributed by atoms with Crippen LogP contribution in [0.25, 0.3) is 0 Å². The molecule has 0 bridgehead atoms. The summed E-state index contributed by atoms with van der Waals surface area (Å²) in [6.45, 7) is 8.42. The van der Waals surface area contributed by atoms with Crippen LogP contribution in [0, 0.1) is 5.92 Å². The van der Waals surface area contributed by atoms with Crippen LogP contribution in [0.5, 0.6) is 0 Å². The fraction of sp³-hybridized carbons (Fsp3) is 0.304. The number of amides is 2. The van der Waals surface area contributed by atoms with E-state index < -0.39 is 0 Å². The van der Waals surface area contributed by atoms with E-state index in [9.17, 15) is 9.59 Å². The first-order valence-corrected chi connectivity index (χ1v) is 9.72. The van der Waals surface area contributed by atoms with Crippen molar-refractivity contribution in [2.75, 3.05) is 29.9 Å².